The molecule has 2 amide bonds. The molecule has 0 spiro atoms. The third kappa shape index (κ3) is 2.13. The first-order chi connectivity index (χ1) is 7.56. The Morgan fingerprint density at radius 2 is 2.38 bits per heavy atom. The lowest BCUT2D eigenvalue weighted by Gasteiger charge is -2.10. The maximum absolute atomic E-state index is 11.3. The molecule has 2 heterocycles. The van der Waals surface area contributed by atoms with Gasteiger partial charge in [0, 0.05) is 14.1 Å². The van der Waals surface area contributed by atoms with E-state index in [1.807, 2.05) is 13.1 Å². The Bertz CT molecular complexity index is 483. The molecule has 0 atom stereocenters. The number of fused-ring (bicyclic) bond motifs is 1. The minimum absolute atomic E-state index is 0.121. The number of carbonyl (C=O) groups is 1. The van der Waals surface area contributed by atoms with Crippen LogP contribution in [0.25, 0.3) is 4.96 Å². The lowest BCUT2D eigenvalue weighted by Crippen LogP contribution is -2.33. The Balaban J connectivity index is 2.04. The van der Waals surface area contributed by atoms with Gasteiger partial charge in [-0.25, -0.2) is 14.3 Å². The fourth-order valence-electron chi connectivity index (χ4n) is 1.23. The van der Waals surface area contributed by atoms with Crippen molar-refractivity contribution in [2.75, 3.05) is 14.1 Å². The van der Waals surface area contributed by atoms with Gasteiger partial charge in [0.25, 0.3) is 0 Å². The first-order valence-electron chi connectivity index (χ1n) is 4.83. The summed E-state index contributed by atoms with van der Waals surface area (Å²) in [5.41, 5.74) is 0.947. The van der Waals surface area contributed by atoms with Gasteiger partial charge in [-0.2, -0.15) is 5.10 Å². The van der Waals surface area contributed by atoms with Crippen LogP contribution >= 0.6 is 11.3 Å². The normalized spacial score (nSPS) is 10.7. The second kappa shape index (κ2) is 4.09. The molecule has 0 aliphatic heterocycles. The number of rotatable bonds is 2. The number of nitrogens with one attached hydrogen (secondary N) is 1. The van der Waals surface area contributed by atoms with Gasteiger partial charge < -0.3 is 10.2 Å². The van der Waals surface area contributed by atoms with Crippen molar-refractivity contribution in [2.45, 2.75) is 13.5 Å². The molecule has 0 saturated heterocycles. The van der Waals surface area contributed by atoms with E-state index in [1.54, 1.807) is 18.6 Å². The molecule has 6 nitrogen and oxygen atoms in total. The van der Waals surface area contributed by atoms with Crippen LogP contribution in [0.1, 0.15) is 10.7 Å². The number of urea groups is 1. The van der Waals surface area contributed by atoms with Crippen molar-refractivity contribution in [3.63, 3.8) is 0 Å². The number of amides is 2. The standard InChI is InChI=1S/C9H13N5OS/c1-6-5-14-9(11-6)16-7(12-14)4-10-8(15)13(2)3/h5H,4H2,1-3H3,(H,10,15). The zero-order valence-electron chi connectivity index (χ0n) is 9.39. The lowest BCUT2D eigenvalue weighted by molar-refractivity contribution is 0.217. The topological polar surface area (TPSA) is 62.5 Å². The largest absolute Gasteiger partial charge is 0.331 e. The average Bonchev–Trinajstić information content (AvgIpc) is 2.70. The molecule has 0 unspecified atom stereocenters. The lowest BCUT2D eigenvalue weighted by atomic mass is 10.6. The summed E-state index contributed by atoms with van der Waals surface area (Å²) < 4.78 is 1.73. The van der Waals surface area contributed by atoms with E-state index in [0.29, 0.717) is 6.54 Å². The molecule has 2 aromatic heterocycles. The smallest absolute Gasteiger partial charge is 0.317 e. The van der Waals surface area contributed by atoms with Crippen molar-refractivity contribution in [3.05, 3.63) is 16.9 Å². The number of hydrogen-bond acceptors (Lipinski definition) is 4. The molecule has 86 valence electrons. The van der Waals surface area contributed by atoms with E-state index in [9.17, 15) is 4.79 Å². The highest BCUT2D eigenvalue weighted by molar-refractivity contribution is 7.16. The Hall–Kier alpha value is -1.63. The number of imidazole rings is 1. The molecule has 0 radical (unpaired) electrons. The van der Waals surface area contributed by atoms with Gasteiger partial charge in [-0.1, -0.05) is 11.3 Å². The van der Waals surface area contributed by atoms with Crippen LogP contribution in [0.5, 0.6) is 0 Å². The molecule has 0 aliphatic rings. The van der Waals surface area contributed by atoms with Crippen LogP contribution in [0, 0.1) is 6.92 Å². The zero-order valence-corrected chi connectivity index (χ0v) is 10.2. The summed E-state index contributed by atoms with van der Waals surface area (Å²) in [6, 6.07) is -0.121. The van der Waals surface area contributed by atoms with Crippen molar-refractivity contribution < 1.29 is 4.79 Å². The summed E-state index contributed by atoms with van der Waals surface area (Å²) in [5, 5.41) is 7.91. The maximum Gasteiger partial charge on any atom is 0.317 e. The van der Waals surface area contributed by atoms with Crippen LogP contribution in [0.3, 0.4) is 0 Å². The van der Waals surface area contributed by atoms with E-state index < -0.39 is 0 Å². The van der Waals surface area contributed by atoms with Crippen molar-refractivity contribution in [2.24, 2.45) is 0 Å². The number of hydrogen-bond donors (Lipinski definition) is 1. The molecule has 2 aromatic rings. The number of aryl methyl sites for hydroxylation is 1. The summed E-state index contributed by atoms with van der Waals surface area (Å²) in [4.78, 5) is 17.9. The van der Waals surface area contributed by atoms with Crippen LogP contribution in [-0.4, -0.2) is 39.6 Å². The molecule has 2 rings (SSSR count). The van der Waals surface area contributed by atoms with Crippen molar-refractivity contribution >= 4 is 22.3 Å². The molecule has 1 N–H and O–H groups in total. The fourth-order valence-corrected chi connectivity index (χ4v) is 2.09. The molecule has 0 aliphatic carbocycles. The molecular formula is C9H13N5OS. The predicted octanol–water partition coefficient (Wildman–Crippen LogP) is 0.870. The molecule has 0 bridgehead atoms. The van der Waals surface area contributed by atoms with Crippen LogP contribution < -0.4 is 5.32 Å². The van der Waals surface area contributed by atoms with E-state index in [2.05, 4.69) is 15.4 Å². The second-order valence-corrected chi connectivity index (χ2v) is 4.70. The predicted molar refractivity (Wildman–Crippen MR) is 61.5 cm³/mol. The van der Waals surface area contributed by atoms with Gasteiger partial charge in [0.2, 0.25) is 4.96 Å². The number of aromatic nitrogens is 3. The Morgan fingerprint density at radius 3 is 3.00 bits per heavy atom. The van der Waals surface area contributed by atoms with E-state index in [4.69, 9.17) is 0 Å². The van der Waals surface area contributed by atoms with Gasteiger partial charge in [-0.05, 0) is 6.92 Å². The van der Waals surface area contributed by atoms with E-state index in [0.717, 1.165) is 15.7 Å². The quantitative estimate of drug-likeness (QED) is 0.846. The highest BCUT2D eigenvalue weighted by Gasteiger charge is 2.08. The summed E-state index contributed by atoms with van der Waals surface area (Å²) >= 11 is 1.48. The Morgan fingerprint density at radius 1 is 1.62 bits per heavy atom. The highest BCUT2D eigenvalue weighted by atomic mass is 32.1. The van der Waals surface area contributed by atoms with Gasteiger partial charge in [0.15, 0.2) is 0 Å². The molecule has 0 fully saturated rings. The van der Waals surface area contributed by atoms with Crippen molar-refractivity contribution in [3.8, 4) is 0 Å². The van der Waals surface area contributed by atoms with Crippen molar-refractivity contribution in [1.82, 2.24) is 24.8 Å². The fraction of sp³-hybridized carbons (Fsp3) is 0.444. The number of nitrogens with zero attached hydrogens (tertiary/aromatic N) is 4. The Kier molecular flexibility index (Phi) is 2.78. The average molecular weight is 239 g/mol. The maximum atomic E-state index is 11.3. The second-order valence-electron chi connectivity index (χ2n) is 3.66. The van der Waals surface area contributed by atoms with E-state index >= 15 is 0 Å². The molecule has 0 saturated carbocycles. The third-order valence-electron chi connectivity index (χ3n) is 2.00. The highest BCUT2D eigenvalue weighted by Crippen LogP contribution is 2.13. The minimum atomic E-state index is -0.121. The SMILES string of the molecule is Cc1cn2nc(CNC(=O)N(C)C)sc2n1. The van der Waals surface area contributed by atoms with Crippen molar-refractivity contribution in [1.29, 1.82) is 0 Å². The van der Waals surface area contributed by atoms with E-state index in [1.165, 1.54) is 16.2 Å². The first-order valence-corrected chi connectivity index (χ1v) is 5.65. The summed E-state index contributed by atoms with van der Waals surface area (Å²) in [6.45, 7) is 2.36. The number of carbonyl (C=O) groups excluding carboxylic acids is 1. The van der Waals surface area contributed by atoms with E-state index in [-0.39, 0.29) is 6.03 Å². The molecule has 0 aromatic carbocycles. The van der Waals surface area contributed by atoms with Gasteiger partial charge in [-0.15, -0.1) is 0 Å². The molecule has 7 heteroatoms. The van der Waals surface area contributed by atoms with Crippen LogP contribution in [0.2, 0.25) is 0 Å². The molecular weight excluding hydrogens is 226 g/mol. The van der Waals surface area contributed by atoms with Crippen LogP contribution in [0.15, 0.2) is 6.20 Å². The minimum Gasteiger partial charge on any atom is -0.331 e. The zero-order chi connectivity index (χ0) is 11.7. The summed E-state index contributed by atoms with van der Waals surface area (Å²) in [7, 11) is 3.40. The van der Waals surface area contributed by atoms with Gasteiger partial charge in [-0.3, -0.25) is 0 Å². The van der Waals surface area contributed by atoms with Crippen LogP contribution in [0.4, 0.5) is 4.79 Å². The monoisotopic (exact) mass is 239 g/mol. The third-order valence-corrected chi connectivity index (χ3v) is 2.93. The first kappa shape index (κ1) is 10.9. The Labute approximate surface area is 96.9 Å². The van der Waals surface area contributed by atoms with Gasteiger partial charge in [0.05, 0.1) is 18.4 Å². The summed E-state index contributed by atoms with van der Waals surface area (Å²) in [6.07, 6.45) is 1.86. The summed E-state index contributed by atoms with van der Waals surface area (Å²) in [5.74, 6) is 0. The molecule has 16 heavy (non-hydrogen) atoms. The van der Waals surface area contributed by atoms with Gasteiger partial charge >= 0.3 is 6.03 Å². The van der Waals surface area contributed by atoms with Gasteiger partial charge in [0.1, 0.15) is 5.01 Å². The van der Waals surface area contributed by atoms with Crippen LogP contribution in [-0.2, 0) is 6.54 Å².